The molecular formula is C27H28ClN3O2S. The number of piperidine rings is 1. The van der Waals surface area contributed by atoms with Crippen LogP contribution in [0.1, 0.15) is 69.4 Å². The van der Waals surface area contributed by atoms with E-state index in [4.69, 9.17) is 16.6 Å². The van der Waals surface area contributed by atoms with Crippen molar-refractivity contribution in [2.75, 3.05) is 13.1 Å². The van der Waals surface area contributed by atoms with Crippen molar-refractivity contribution in [1.82, 2.24) is 15.2 Å². The Hall–Kier alpha value is -2.70. The van der Waals surface area contributed by atoms with Crippen LogP contribution in [0.25, 0.3) is 10.4 Å². The molecule has 1 aliphatic carbocycles. The van der Waals surface area contributed by atoms with Crippen LogP contribution in [0.4, 0.5) is 0 Å². The van der Waals surface area contributed by atoms with Crippen LogP contribution in [0.3, 0.4) is 0 Å². The van der Waals surface area contributed by atoms with Crippen LogP contribution in [-0.4, -0.2) is 40.8 Å². The first-order chi connectivity index (χ1) is 16.5. The van der Waals surface area contributed by atoms with Crippen molar-refractivity contribution >= 4 is 34.8 Å². The fourth-order valence-corrected chi connectivity index (χ4v) is 5.87. The number of benzene rings is 2. The first kappa shape index (κ1) is 23.1. The molecule has 1 atom stereocenters. The van der Waals surface area contributed by atoms with E-state index in [0.29, 0.717) is 35.3 Å². The van der Waals surface area contributed by atoms with E-state index in [-0.39, 0.29) is 17.9 Å². The molecule has 7 heteroatoms. The Morgan fingerprint density at radius 1 is 1.12 bits per heavy atom. The number of thiazole rings is 1. The Bertz CT molecular complexity index is 1200. The van der Waals surface area contributed by atoms with Gasteiger partial charge in [0.1, 0.15) is 5.69 Å². The van der Waals surface area contributed by atoms with Crippen LogP contribution in [0.15, 0.2) is 48.5 Å². The van der Waals surface area contributed by atoms with E-state index in [2.05, 4.69) is 36.5 Å². The third-order valence-electron chi connectivity index (χ3n) is 6.56. The maximum Gasteiger partial charge on any atom is 0.274 e. The second-order valence-corrected chi connectivity index (χ2v) is 10.7. The summed E-state index contributed by atoms with van der Waals surface area (Å²) in [6.45, 7) is 3.16. The van der Waals surface area contributed by atoms with Gasteiger partial charge in [-0.1, -0.05) is 47.5 Å². The maximum atomic E-state index is 13.8. The molecule has 1 aromatic heterocycles. The number of carbonyl (C=O) groups is 2. The molecule has 5 rings (SSSR count). The molecule has 2 aliphatic rings. The lowest BCUT2D eigenvalue weighted by molar-refractivity contribution is 0.0598. The molecule has 3 aromatic rings. The van der Waals surface area contributed by atoms with Gasteiger partial charge in [0.25, 0.3) is 11.8 Å². The van der Waals surface area contributed by atoms with Gasteiger partial charge in [-0.25, -0.2) is 4.98 Å². The van der Waals surface area contributed by atoms with Crippen LogP contribution in [0, 0.1) is 6.92 Å². The number of aryl methyl sites for hydroxylation is 1. The minimum Gasteiger partial charge on any atom is -0.350 e. The fraction of sp³-hybridized carbons (Fsp3) is 0.370. The molecule has 0 bridgehead atoms. The predicted molar refractivity (Wildman–Crippen MR) is 137 cm³/mol. The summed E-state index contributed by atoms with van der Waals surface area (Å²) in [6.07, 6.45) is 5.16. The van der Waals surface area contributed by atoms with Gasteiger partial charge in [0, 0.05) is 35.6 Å². The summed E-state index contributed by atoms with van der Waals surface area (Å²) < 4.78 is 0. The molecule has 2 fully saturated rings. The Morgan fingerprint density at radius 3 is 2.65 bits per heavy atom. The largest absolute Gasteiger partial charge is 0.350 e. The second kappa shape index (κ2) is 9.88. The van der Waals surface area contributed by atoms with Crippen molar-refractivity contribution in [3.05, 3.63) is 75.4 Å². The highest BCUT2D eigenvalue weighted by Crippen LogP contribution is 2.45. The van der Waals surface area contributed by atoms with Gasteiger partial charge in [0.2, 0.25) is 0 Å². The molecule has 2 heterocycles. The minimum absolute atomic E-state index is 0.0274. The quantitative estimate of drug-likeness (QED) is 0.453. The lowest BCUT2D eigenvalue weighted by atomic mass is 10.0. The molecule has 1 saturated heterocycles. The molecule has 5 nitrogen and oxygen atoms in total. The number of carbonyl (C=O) groups excluding carboxylic acids is 2. The maximum absolute atomic E-state index is 13.8. The van der Waals surface area contributed by atoms with Crippen molar-refractivity contribution in [1.29, 1.82) is 0 Å². The highest BCUT2D eigenvalue weighted by atomic mass is 35.5. The van der Waals surface area contributed by atoms with Gasteiger partial charge >= 0.3 is 0 Å². The monoisotopic (exact) mass is 493 g/mol. The molecule has 1 N–H and O–H groups in total. The van der Waals surface area contributed by atoms with Gasteiger partial charge in [-0.3, -0.25) is 9.59 Å². The summed E-state index contributed by atoms with van der Waals surface area (Å²) in [4.78, 5) is 34.2. The Labute approximate surface area is 209 Å². The van der Waals surface area contributed by atoms with Crippen LogP contribution in [-0.2, 0) is 0 Å². The van der Waals surface area contributed by atoms with Gasteiger partial charge in [0.15, 0.2) is 0 Å². The molecule has 1 saturated carbocycles. The highest BCUT2D eigenvalue weighted by Gasteiger charge is 2.34. The molecule has 1 aliphatic heterocycles. The summed E-state index contributed by atoms with van der Waals surface area (Å²) in [5.41, 5.74) is 3.32. The summed E-state index contributed by atoms with van der Waals surface area (Å²) >= 11 is 7.69. The minimum atomic E-state index is -0.175. The van der Waals surface area contributed by atoms with Crippen LogP contribution < -0.4 is 5.32 Å². The summed E-state index contributed by atoms with van der Waals surface area (Å²) in [5, 5.41) is 4.61. The number of rotatable bonds is 6. The Balaban J connectivity index is 1.37. The lowest BCUT2D eigenvalue weighted by Gasteiger charge is -2.35. The van der Waals surface area contributed by atoms with E-state index in [1.165, 1.54) is 5.56 Å². The number of nitrogens with one attached hydrogen (secondary N) is 1. The molecular weight excluding hydrogens is 466 g/mol. The smallest absolute Gasteiger partial charge is 0.274 e. The summed E-state index contributed by atoms with van der Waals surface area (Å²) in [6, 6.07) is 15.2. The van der Waals surface area contributed by atoms with Crippen molar-refractivity contribution in [3.8, 4) is 10.4 Å². The van der Waals surface area contributed by atoms with E-state index in [1.807, 2.05) is 4.90 Å². The first-order valence-electron chi connectivity index (χ1n) is 11.9. The highest BCUT2D eigenvalue weighted by molar-refractivity contribution is 7.15. The SMILES string of the molecule is Cc1ccc(-c2sc(C3CC3)nc2C(=O)N2CCCC[C@H]2CNC(=O)c2cccc(Cl)c2)cc1. The average Bonchev–Trinajstić information content (AvgIpc) is 3.61. The van der Waals surface area contributed by atoms with Crippen LogP contribution in [0.2, 0.25) is 5.02 Å². The van der Waals surface area contributed by atoms with E-state index in [0.717, 1.165) is 47.6 Å². The van der Waals surface area contributed by atoms with Gasteiger partial charge in [-0.05, 0) is 62.8 Å². The zero-order valence-electron chi connectivity index (χ0n) is 19.2. The molecule has 0 unspecified atom stereocenters. The van der Waals surface area contributed by atoms with Gasteiger partial charge in [0.05, 0.1) is 9.88 Å². The van der Waals surface area contributed by atoms with Gasteiger partial charge < -0.3 is 10.2 Å². The van der Waals surface area contributed by atoms with E-state index < -0.39 is 0 Å². The number of nitrogens with zero attached hydrogens (tertiary/aromatic N) is 2. The van der Waals surface area contributed by atoms with Gasteiger partial charge in [-0.15, -0.1) is 11.3 Å². The number of halogens is 1. The van der Waals surface area contributed by atoms with Crippen molar-refractivity contribution < 1.29 is 9.59 Å². The first-order valence-corrected chi connectivity index (χ1v) is 13.1. The molecule has 0 spiro atoms. The van der Waals surface area contributed by atoms with Crippen molar-refractivity contribution in [3.63, 3.8) is 0 Å². The Morgan fingerprint density at radius 2 is 1.91 bits per heavy atom. The van der Waals surface area contributed by atoms with E-state index >= 15 is 0 Å². The summed E-state index contributed by atoms with van der Waals surface area (Å²) in [5.74, 6) is 0.288. The number of hydrogen-bond acceptors (Lipinski definition) is 4. The summed E-state index contributed by atoms with van der Waals surface area (Å²) in [7, 11) is 0. The van der Waals surface area contributed by atoms with E-state index in [1.54, 1.807) is 35.6 Å². The van der Waals surface area contributed by atoms with Crippen molar-refractivity contribution in [2.45, 2.75) is 51.0 Å². The molecule has 2 aromatic carbocycles. The molecule has 176 valence electrons. The molecule has 2 amide bonds. The zero-order valence-corrected chi connectivity index (χ0v) is 20.8. The number of hydrogen-bond donors (Lipinski definition) is 1. The standard InChI is InChI=1S/C27H28ClN3O2S/c1-17-8-10-18(11-9-17)24-23(30-26(34-24)19-12-13-19)27(33)31-14-3-2-7-22(31)16-29-25(32)20-5-4-6-21(28)15-20/h4-6,8-11,15,19,22H,2-3,7,12-14,16H2,1H3,(H,29,32)/t22-/m0/s1. The molecule has 34 heavy (non-hydrogen) atoms. The lowest BCUT2D eigenvalue weighted by Crippen LogP contribution is -2.49. The average molecular weight is 494 g/mol. The van der Waals surface area contributed by atoms with Crippen LogP contribution in [0.5, 0.6) is 0 Å². The normalized spacial score (nSPS) is 18.1. The van der Waals surface area contributed by atoms with Gasteiger partial charge in [-0.2, -0.15) is 0 Å². The number of likely N-dealkylation sites (tertiary alicyclic amines) is 1. The third-order valence-corrected chi connectivity index (χ3v) is 8.06. The number of amides is 2. The second-order valence-electron chi connectivity index (χ2n) is 9.24. The zero-order chi connectivity index (χ0) is 23.7. The topological polar surface area (TPSA) is 62.3 Å². The third kappa shape index (κ3) is 5.03. The van der Waals surface area contributed by atoms with Crippen LogP contribution >= 0.6 is 22.9 Å². The van der Waals surface area contributed by atoms with Crippen molar-refractivity contribution in [2.24, 2.45) is 0 Å². The Kier molecular flexibility index (Phi) is 6.70. The fourth-order valence-electron chi connectivity index (χ4n) is 4.45. The predicted octanol–water partition coefficient (Wildman–Crippen LogP) is 6.07. The van der Waals surface area contributed by atoms with E-state index in [9.17, 15) is 9.59 Å². The number of aromatic nitrogens is 1. The molecule has 0 radical (unpaired) electrons.